The number of esters is 1. The number of rotatable bonds is 5. The van der Waals surface area contributed by atoms with Crippen LogP contribution >= 0.6 is 0 Å². The molecule has 0 aliphatic carbocycles. The van der Waals surface area contributed by atoms with Gasteiger partial charge in [-0.05, 0) is 31.5 Å². The summed E-state index contributed by atoms with van der Waals surface area (Å²) in [6.07, 6.45) is -0.762. The van der Waals surface area contributed by atoms with Gasteiger partial charge in [-0.15, -0.1) is 0 Å². The Hall–Kier alpha value is -1.84. The molecule has 0 amide bonds. The maximum absolute atomic E-state index is 11.3. The van der Waals surface area contributed by atoms with Gasteiger partial charge >= 0.3 is 5.97 Å². The summed E-state index contributed by atoms with van der Waals surface area (Å²) in [7, 11) is 0. The largest absolute Gasteiger partial charge is 0.471 e. The minimum absolute atomic E-state index is 0.223. The van der Waals surface area contributed by atoms with Gasteiger partial charge in [-0.2, -0.15) is 0 Å². The van der Waals surface area contributed by atoms with Gasteiger partial charge in [-0.3, -0.25) is 4.79 Å². The van der Waals surface area contributed by atoms with Crippen LogP contribution in [-0.2, 0) is 14.3 Å². The van der Waals surface area contributed by atoms with E-state index < -0.39 is 12.1 Å². The van der Waals surface area contributed by atoms with Crippen molar-refractivity contribution < 1.29 is 19.1 Å². The van der Waals surface area contributed by atoms with Crippen molar-refractivity contribution in [3.8, 4) is 5.75 Å². The molecule has 16 heavy (non-hydrogen) atoms. The van der Waals surface area contributed by atoms with Crippen LogP contribution in [0, 0.1) is 6.92 Å². The number of hydrogen-bond donors (Lipinski definition) is 0. The molecule has 0 saturated carbocycles. The highest BCUT2D eigenvalue weighted by Crippen LogP contribution is 2.14. The molecule has 0 spiro atoms. The van der Waals surface area contributed by atoms with E-state index in [1.807, 2.05) is 13.0 Å². The van der Waals surface area contributed by atoms with Crippen molar-refractivity contribution >= 4 is 12.3 Å². The van der Waals surface area contributed by atoms with Crippen molar-refractivity contribution in [1.82, 2.24) is 0 Å². The van der Waals surface area contributed by atoms with E-state index in [-0.39, 0.29) is 6.61 Å². The molecule has 1 rings (SSSR count). The van der Waals surface area contributed by atoms with Crippen molar-refractivity contribution in [3.05, 3.63) is 29.8 Å². The Morgan fingerprint density at radius 2 is 2.25 bits per heavy atom. The second kappa shape index (κ2) is 5.90. The van der Waals surface area contributed by atoms with Crippen molar-refractivity contribution in [2.24, 2.45) is 0 Å². The van der Waals surface area contributed by atoms with Crippen LogP contribution in [0.25, 0.3) is 0 Å². The first-order valence-corrected chi connectivity index (χ1v) is 5.02. The summed E-state index contributed by atoms with van der Waals surface area (Å²) < 4.78 is 9.92. The van der Waals surface area contributed by atoms with Crippen LogP contribution < -0.4 is 4.74 Å². The molecule has 0 N–H and O–H groups in total. The first-order chi connectivity index (χ1) is 7.67. The lowest BCUT2D eigenvalue weighted by atomic mass is 10.2. The minimum Gasteiger partial charge on any atom is -0.471 e. The van der Waals surface area contributed by atoms with Gasteiger partial charge in [0.05, 0.1) is 6.61 Å². The van der Waals surface area contributed by atoms with Crippen LogP contribution in [0.3, 0.4) is 0 Å². The Labute approximate surface area is 94.2 Å². The number of ether oxygens (including phenoxy) is 2. The Kier molecular flexibility index (Phi) is 4.51. The van der Waals surface area contributed by atoms with Crippen LogP contribution in [0.2, 0.25) is 0 Å². The van der Waals surface area contributed by atoms with E-state index in [1.54, 1.807) is 25.1 Å². The van der Waals surface area contributed by atoms with Crippen LogP contribution in [0.15, 0.2) is 24.3 Å². The maximum Gasteiger partial charge on any atom is 0.354 e. The second-order valence-electron chi connectivity index (χ2n) is 3.24. The first-order valence-electron chi connectivity index (χ1n) is 5.02. The van der Waals surface area contributed by atoms with Gasteiger partial charge in [0.25, 0.3) is 0 Å². The van der Waals surface area contributed by atoms with Crippen LogP contribution in [0.5, 0.6) is 5.75 Å². The third-order valence-electron chi connectivity index (χ3n) is 1.90. The molecule has 0 saturated heterocycles. The van der Waals surface area contributed by atoms with Crippen LogP contribution in [0.4, 0.5) is 0 Å². The molecular weight excluding hydrogens is 208 g/mol. The molecule has 1 aromatic carbocycles. The van der Waals surface area contributed by atoms with E-state index in [9.17, 15) is 9.59 Å². The summed E-state index contributed by atoms with van der Waals surface area (Å²) in [6, 6.07) is 7.11. The lowest BCUT2D eigenvalue weighted by Crippen LogP contribution is -2.30. The molecule has 1 aromatic rings. The molecule has 0 bridgehead atoms. The maximum atomic E-state index is 11.3. The van der Waals surface area contributed by atoms with Gasteiger partial charge in [0.15, 0.2) is 6.29 Å². The Balaban J connectivity index is 2.70. The number of aryl methyl sites for hydroxylation is 1. The lowest BCUT2D eigenvalue weighted by molar-refractivity contribution is -0.152. The standard InChI is InChI=1S/C12H14O4/c1-3-15-12(14)11(8-13)16-10-6-4-5-9(2)7-10/h4-8,11H,3H2,1-2H3. The molecule has 4 nitrogen and oxygen atoms in total. The fourth-order valence-electron chi connectivity index (χ4n) is 1.19. The Morgan fingerprint density at radius 3 is 2.81 bits per heavy atom. The van der Waals surface area contributed by atoms with Crippen molar-refractivity contribution in [2.45, 2.75) is 20.0 Å². The fraction of sp³-hybridized carbons (Fsp3) is 0.333. The normalized spacial score (nSPS) is 11.6. The summed E-state index contributed by atoms with van der Waals surface area (Å²) in [6.45, 7) is 3.79. The van der Waals surface area contributed by atoms with Gasteiger partial charge < -0.3 is 9.47 Å². The Bertz CT molecular complexity index is 373. The summed E-state index contributed by atoms with van der Waals surface area (Å²) >= 11 is 0. The average Bonchev–Trinajstić information content (AvgIpc) is 2.26. The summed E-state index contributed by atoms with van der Waals surface area (Å²) in [5.74, 6) is -0.191. The van der Waals surface area contributed by atoms with E-state index in [0.717, 1.165) is 5.56 Å². The molecular formula is C12H14O4. The minimum atomic E-state index is -1.19. The zero-order valence-electron chi connectivity index (χ0n) is 9.30. The molecule has 0 heterocycles. The van der Waals surface area contributed by atoms with Gasteiger partial charge in [-0.1, -0.05) is 12.1 Å². The predicted molar refractivity (Wildman–Crippen MR) is 58.3 cm³/mol. The van der Waals surface area contributed by atoms with E-state index in [1.165, 1.54) is 0 Å². The van der Waals surface area contributed by atoms with Gasteiger partial charge in [0.1, 0.15) is 5.75 Å². The quantitative estimate of drug-likeness (QED) is 0.430. The number of benzene rings is 1. The molecule has 86 valence electrons. The first kappa shape index (κ1) is 12.2. The highest BCUT2D eigenvalue weighted by atomic mass is 16.6. The van der Waals surface area contributed by atoms with E-state index >= 15 is 0 Å². The zero-order valence-corrected chi connectivity index (χ0v) is 9.30. The summed E-state index contributed by atoms with van der Waals surface area (Å²) in [4.78, 5) is 22.0. The highest BCUT2D eigenvalue weighted by Gasteiger charge is 2.20. The number of carbonyl (C=O) groups excluding carboxylic acids is 2. The third kappa shape index (κ3) is 3.38. The molecule has 4 heteroatoms. The highest BCUT2D eigenvalue weighted by molar-refractivity contribution is 5.91. The number of hydrogen-bond acceptors (Lipinski definition) is 4. The predicted octanol–water partition coefficient (Wildman–Crippen LogP) is 1.50. The molecule has 0 aliphatic rings. The lowest BCUT2D eigenvalue weighted by Gasteiger charge is -2.12. The summed E-state index contributed by atoms with van der Waals surface area (Å²) in [5.41, 5.74) is 0.992. The molecule has 0 radical (unpaired) electrons. The smallest absolute Gasteiger partial charge is 0.354 e. The third-order valence-corrected chi connectivity index (χ3v) is 1.90. The number of carbonyl (C=O) groups is 2. The second-order valence-corrected chi connectivity index (χ2v) is 3.24. The molecule has 0 aromatic heterocycles. The monoisotopic (exact) mass is 222 g/mol. The van der Waals surface area contributed by atoms with Crippen molar-refractivity contribution in [3.63, 3.8) is 0 Å². The fourth-order valence-corrected chi connectivity index (χ4v) is 1.19. The van der Waals surface area contributed by atoms with E-state index in [4.69, 9.17) is 9.47 Å². The summed E-state index contributed by atoms with van der Waals surface area (Å²) in [5, 5.41) is 0. The molecule has 1 atom stereocenters. The molecule has 1 unspecified atom stereocenters. The zero-order chi connectivity index (χ0) is 12.0. The molecule has 0 fully saturated rings. The van der Waals surface area contributed by atoms with E-state index in [2.05, 4.69) is 0 Å². The Morgan fingerprint density at radius 1 is 1.50 bits per heavy atom. The van der Waals surface area contributed by atoms with Crippen LogP contribution in [-0.4, -0.2) is 25.0 Å². The van der Waals surface area contributed by atoms with Gasteiger partial charge in [0, 0.05) is 0 Å². The average molecular weight is 222 g/mol. The SMILES string of the molecule is CCOC(=O)C(C=O)Oc1cccc(C)c1. The van der Waals surface area contributed by atoms with Crippen molar-refractivity contribution in [1.29, 1.82) is 0 Å². The molecule has 0 aliphatic heterocycles. The van der Waals surface area contributed by atoms with Crippen molar-refractivity contribution in [2.75, 3.05) is 6.61 Å². The number of aldehydes is 1. The van der Waals surface area contributed by atoms with Gasteiger partial charge in [0.2, 0.25) is 6.10 Å². The van der Waals surface area contributed by atoms with Crippen LogP contribution in [0.1, 0.15) is 12.5 Å². The topological polar surface area (TPSA) is 52.6 Å². The van der Waals surface area contributed by atoms with Gasteiger partial charge in [-0.25, -0.2) is 4.79 Å². The van der Waals surface area contributed by atoms with E-state index in [0.29, 0.717) is 12.0 Å².